The molecule has 1 N–H and O–H groups in total. The topological polar surface area (TPSA) is 55.1 Å². The summed E-state index contributed by atoms with van der Waals surface area (Å²) in [4.78, 5) is 15.7. The van der Waals surface area contributed by atoms with E-state index in [1.165, 1.54) is 0 Å². The Bertz CT molecular complexity index is 551. The van der Waals surface area contributed by atoms with Crippen LogP contribution in [-0.4, -0.2) is 20.6 Å². The van der Waals surface area contributed by atoms with Gasteiger partial charge < -0.3 is 9.67 Å². The Morgan fingerprint density at radius 2 is 2.11 bits per heavy atom. The van der Waals surface area contributed by atoms with Gasteiger partial charge in [0.05, 0.1) is 6.33 Å². The third-order valence-corrected chi connectivity index (χ3v) is 3.92. The highest BCUT2D eigenvalue weighted by molar-refractivity contribution is 9.10. The van der Waals surface area contributed by atoms with E-state index in [0.717, 1.165) is 10.0 Å². The van der Waals surface area contributed by atoms with Gasteiger partial charge in [0.2, 0.25) is 0 Å². The average molecular weight is 323 g/mol. The normalized spacial score (nSPS) is 14.0. The van der Waals surface area contributed by atoms with Crippen molar-refractivity contribution in [3.63, 3.8) is 0 Å². The molecule has 2 aromatic rings. The number of nitrogens with zero attached hydrogens (tertiary/aromatic N) is 2. The van der Waals surface area contributed by atoms with Crippen molar-refractivity contribution in [3.8, 4) is 0 Å². The van der Waals surface area contributed by atoms with Gasteiger partial charge >= 0.3 is 5.97 Å². The predicted octanol–water partition coefficient (Wildman–Crippen LogP) is 3.08. The minimum atomic E-state index is -0.982. The fourth-order valence-corrected chi connectivity index (χ4v) is 2.45. The number of rotatable bonds is 5. The summed E-state index contributed by atoms with van der Waals surface area (Å²) in [5.41, 5.74) is 0.00536. The van der Waals surface area contributed by atoms with E-state index in [1.54, 1.807) is 23.3 Å². The second kappa shape index (κ2) is 5.57. The molecule has 0 aliphatic rings. The molecule has 1 heterocycles. The maximum Gasteiger partial charge on any atom is 0.330 e. The molecule has 5 heteroatoms. The van der Waals surface area contributed by atoms with Crippen molar-refractivity contribution in [1.29, 1.82) is 0 Å². The minimum Gasteiger partial charge on any atom is -0.479 e. The number of halogens is 1. The lowest BCUT2D eigenvalue weighted by atomic mass is 9.88. The summed E-state index contributed by atoms with van der Waals surface area (Å²) in [7, 11) is 0. The molecule has 0 saturated carbocycles. The number of carboxylic acids is 1. The van der Waals surface area contributed by atoms with Crippen LogP contribution in [0.4, 0.5) is 0 Å². The van der Waals surface area contributed by atoms with Crippen molar-refractivity contribution in [3.05, 3.63) is 53.0 Å². The highest BCUT2D eigenvalue weighted by atomic mass is 79.9. The molecule has 0 aliphatic heterocycles. The number of carboxylic acid groups (broad SMARTS) is 1. The van der Waals surface area contributed by atoms with Crippen molar-refractivity contribution in [2.24, 2.45) is 0 Å². The molecule has 2 rings (SSSR count). The number of benzene rings is 1. The summed E-state index contributed by atoms with van der Waals surface area (Å²) in [6.45, 7) is 1.88. The first-order valence-electron chi connectivity index (χ1n) is 6.05. The van der Waals surface area contributed by atoms with Crippen LogP contribution in [0.2, 0.25) is 0 Å². The zero-order chi connectivity index (χ0) is 13.9. The van der Waals surface area contributed by atoms with E-state index in [0.29, 0.717) is 12.8 Å². The smallest absolute Gasteiger partial charge is 0.330 e. The van der Waals surface area contributed by atoms with Crippen LogP contribution < -0.4 is 0 Å². The van der Waals surface area contributed by atoms with Crippen LogP contribution in [0, 0.1) is 0 Å². The zero-order valence-corrected chi connectivity index (χ0v) is 12.2. The summed E-state index contributed by atoms with van der Waals surface area (Å²) in [5.74, 6) is -0.837. The molecule has 0 amide bonds. The fraction of sp³-hybridized carbons (Fsp3) is 0.286. The van der Waals surface area contributed by atoms with Gasteiger partial charge in [-0.3, -0.25) is 0 Å². The lowest BCUT2D eigenvalue weighted by Crippen LogP contribution is -2.42. The zero-order valence-electron chi connectivity index (χ0n) is 10.6. The van der Waals surface area contributed by atoms with Gasteiger partial charge in [0, 0.05) is 23.3 Å². The first-order valence-corrected chi connectivity index (χ1v) is 6.84. The summed E-state index contributed by atoms with van der Waals surface area (Å²) >= 11 is 3.38. The monoisotopic (exact) mass is 322 g/mol. The number of hydrogen-bond acceptors (Lipinski definition) is 2. The van der Waals surface area contributed by atoms with Gasteiger partial charge in [0.25, 0.3) is 0 Å². The first kappa shape index (κ1) is 13.8. The average Bonchev–Trinajstić information content (AvgIpc) is 2.92. The van der Waals surface area contributed by atoms with Crippen molar-refractivity contribution in [2.75, 3.05) is 0 Å². The van der Waals surface area contributed by atoms with Crippen molar-refractivity contribution in [2.45, 2.75) is 25.3 Å². The number of carbonyl (C=O) groups is 1. The Labute approximate surface area is 120 Å². The molecular formula is C14H15BrN2O2. The summed E-state index contributed by atoms with van der Waals surface area (Å²) in [6, 6.07) is 7.72. The van der Waals surface area contributed by atoms with E-state index >= 15 is 0 Å². The Balaban J connectivity index is 2.39. The molecule has 1 unspecified atom stereocenters. The Kier molecular flexibility index (Phi) is 4.04. The van der Waals surface area contributed by atoms with Crippen LogP contribution in [-0.2, 0) is 16.8 Å². The van der Waals surface area contributed by atoms with Gasteiger partial charge in [-0.05, 0) is 24.1 Å². The van der Waals surface area contributed by atoms with Crippen LogP contribution >= 0.6 is 15.9 Å². The molecule has 0 aliphatic carbocycles. The molecule has 0 saturated heterocycles. The van der Waals surface area contributed by atoms with E-state index in [1.807, 2.05) is 31.2 Å². The summed E-state index contributed by atoms with van der Waals surface area (Å²) in [6.07, 6.45) is 5.80. The van der Waals surface area contributed by atoms with Crippen LogP contribution in [0.1, 0.15) is 18.9 Å². The van der Waals surface area contributed by atoms with Gasteiger partial charge in [-0.25, -0.2) is 9.78 Å². The molecule has 1 aromatic carbocycles. The Morgan fingerprint density at radius 1 is 1.42 bits per heavy atom. The maximum absolute atomic E-state index is 11.8. The van der Waals surface area contributed by atoms with Gasteiger partial charge in [-0.2, -0.15) is 0 Å². The summed E-state index contributed by atoms with van der Waals surface area (Å²) in [5, 5.41) is 9.65. The summed E-state index contributed by atoms with van der Waals surface area (Å²) < 4.78 is 2.66. The third-order valence-electron chi connectivity index (χ3n) is 3.39. The van der Waals surface area contributed by atoms with Crippen molar-refractivity contribution >= 4 is 21.9 Å². The van der Waals surface area contributed by atoms with Crippen molar-refractivity contribution < 1.29 is 9.90 Å². The number of hydrogen-bond donors (Lipinski definition) is 1. The Morgan fingerprint density at radius 3 is 2.58 bits per heavy atom. The van der Waals surface area contributed by atoms with Crippen LogP contribution in [0.15, 0.2) is 47.5 Å². The molecular weight excluding hydrogens is 308 g/mol. The number of aliphatic carboxylic acids is 1. The molecule has 19 heavy (non-hydrogen) atoms. The maximum atomic E-state index is 11.8. The Hall–Kier alpha value is -1.62. The highest BCUT2D eigenvalue weighted by Gasteiger charge is 2.38. The lowest BCUT2D eigenvalue weighted by molar-refractivity contribution is -0.147. The molecule has 0 bridgehead atoms. The second-order valence-corrected chi connectivity index (χ2v) is 5.38. The third kappa shape index (κ3) is 2.71. The van der Waals surface area contributed by atoms with Crippen LogP contribution in [0.3, 0.4) is 0 Å². The molecule has 100 valence electrons. The SMILES string of the molecule is CCC(Cc1ccc(Br)cc1)(C(=O)O)n1ccnc1. The molecule has 4 nitrogen and oxygen atoms in total. The quantitative estimate of drug-likeness (QED) is 0.920. The van der Waals surface area contributed by atoms with E-state index in [4.69, 9.17) is 0 Å². The van der Waals surface area contributed by atoms with Crippen LogP contribution in [0.5, 0.6) is 0 Å². The molecule has 1 atom stereocenters. The van der Waals surface area contributed by atoms with Crippen LogP contribution in [0.25, 0.3) is 0 Å². The number of aromatic nitrogens is 2. The molecule has 0 spiro atoms. The molecule has 1 aromatic heterocycles. The second-order valence-electron chi connectivity index (χ2n) is 4.46. The highest BCUT2D eigenvalue weighted by Crippen LogP contribution is 2.27. The predicted molar refractivity (Wildman–Crippen MR) is 76.0 cm³/mol. The molecule has 0 radical (unpaired) electrons. The first-order chi connectivity index (χ1) is 9.08. The molecule has 0 fully saturated rings. The lowest BCUT2D eigenvalue weighted by Gasteiger charge is -2.29. The largest absolute Gasteiger partial charge is 0.479 e. The van der Waals surface area contributed by atoms with Gasteiger partial charge in [0.1, 0.15) is 5.54 Å². The van der Waals surface area contributed by atoms with E-state index in [9.17, 15) is 9.90 Å². The van der Waals surface area contributed by atoms with E-state index in [-0.39, 0.29) is 0 Å². The fourth-order valence-electron chi connectivity index (χ4n) is 2.19. The van der Waals surface area contributed by atoms with Gasteiger partial charge in [-0.15, -0.1) is 0 Å². The van der Waals surface area contributed by atoms with E-state index < -0.39 is 11.5 Å². The minimum absolute atomic E-state index is 0.433. The van der Waals surface area contributed by atoms with Gasteiger partial charge in [0.15, 0.2) is 0 Å². The van der Waals surface area contributed by atoms with Crippen molar-refractivity contribution in [1.82, 2.24) is 9.55 Å². The number of imidazole rings is 1. The standard InChI is InChI=1S/C14H15BrN2O2/c1-2-14(13(18)19,17-8-7-16-10-17)9-11-3-5-12(15)6-4-11/h3-8,10H,2,9H2,1H3,(H,18,19). The van der Waals surface area contributed by atoms with E-state index in [2.05, 4.69) is 20.9 Å². The van der Waals surface area contributed by atoms with Gasteiger partial charge in [-0.1, -0.05) is 35.0 Å².